The van der Waals surface area contributed by atoms with Crippen LogP contribution in [0.1, 0.15) is 0 Å². The van der Waals surface area contributed by atoms with Gasteiger partial charge in [0.25, 0.3) is 0 Å². The molecule has 0 fully saturated rings. The summed E-state index contributed by atoms with van der Waals surface area (Å²) < 4.78 is 31.5. The fraction of sp³-hybridized carbons (Fsp3) is 1.00. The van der Waals surface area contributed by atoms with Crippen molar-refractivity contribution in [1.82, 2.24) is 4.90 Å². The third kappa shape index (κ3) is 16.0. The minimum atomic E-state index is -4.90. The quantitative estimate of drug-likeness (QED) is 0.233. The van der Waals surface area contributed by atoms with Crippen LogP contribution < -0.4 is 56.3 Å². The van der Waals surface area contributed by atoms with E-state index in [1.807, 2.05) is 0 Å². The Balaban J connectivity index is 0. The van der Waals surface area contributed by atoms with Crippen LogP contribution in [-0.4, -0.2) is 48.2 Å². The summed E-state index contributed by atoms with van der Waals surface area (Å²) in [4.78, 5) is 53.3. The first-order valence-corrected chi connectivity index (χ1v) is 8.99. The van der Waals surface area contributed by atoms with E-state index in [1.54, 1.807) is 0 Å². The summed E-state index contributed by atoms with van der Waals surface area (Å²) >= 11 is 0. The van der Waals surface area contributed by atoms with Crippen molar-refractivity contribution in [1.29, 1.82) is 0 Å². The summed E-state index contributed by atoms with van der Waals surface area (Å²) in [5.74, 6) is 0. The molecule has 1 unspecified atom stereocenters. The molecule has 0 aromatic carbocycles. The van der Waals surface area contributed by atoms with Gasteiger partial charge in [0.1, 0.15) is 20.2 Å². The molecule has 14 heteroatoms. The van der Waals surface area contributed by atoms with E-state index >= 15 is 0 Å². The standard InChI is InChI=1S/C3H12NO9P3.K/c5-14(6,7)1-4(2-15(8,9)10)3-16(11,12)13;/h1-3H2,(H2,5,6,7)(H2,8,9,10)(H2,11,12,13);/q;+1/p-1. The van der Waals surface area contributed by atoms with Crippen molar-refractivity contribution in [2.75, 3.05) is 18.9 Å². The second kappa shape index (κ2) is 7.73. The van der Waals surface area contributed by atoms with E-state index in [4.69, 9.17) is 24.5 Å². The van der Waals surface area contributed by atoms with Gasteiger partial charge >= 0.3 is 66.6 Å². The van der Waals surface area contributed by atoms with Crippen molar-refractivity contribution in [3.05, 3.63) is 0 Å². The van der Waals surface area contributed by atoms with Gasteiger partial charge in [0.2, 0.25) is 0 Å². The summed E-state index contributed by atoms with van der Waals surface area (Å²) in [6, 6.07) is 0. The Kier molecular flexibility index (Phi) is 9.71. The molecule has 0 bridgehead atoms. The van der Waals surface area contributed by atoms with Crippen molar-refractivity contribution in [2.45, 2.75) is 0 Å². The molecule has 0 spiro atoms. The van der Waals surface area contributed by atoms with Gasteiger partial charge in [-0.15, -0.1) is 0 Å². The maximum atomic E-state index is 10.5. The molecule has 0 aliphatic rings. The average Bonchev–Trinajstić information content (AvgIpc) is 1.70. The maximum absolute atomic E-state index is 10.5. The summed E-state index contributed by atoms with van der Waals surface area (Å²) in [5, 5.41) is 0. The molecule has 0 radical (unpaired) electrons. The number of rotatable bonds is 6. The van der Waals surface area contributed by atoms with Crippen molar-refractivity contribution in [3.63, 3.8) is 0 Å². The van der Waals surface area contributed by atoms with Gasteiger partial charge in [-0.3, -0.25) is 14.0 Å². The van der Waals surface area contributed by atoms with Crippen LogP contribution in [0.5, 0.6) is 0 Å². The first-order chi connectivity index (χ1) is 6.79. The first-order valence-electron chi connectivity index (χ1n) is 3.63. The average molecular weight is 337 g/mol. The third-order valence-corrected chi connectivity index (χ3v) is 3.44. The van der Waals surface area contributed by atoms with Crippen LogP contribution in [0.25, 0.3) is 0 Å². The van der Waals surface area contributed by atoms with Gasteiger partial charge < -0.3 is 33.9 Å². The van der Waals surface area contributed by atoms with E-state index in [1.165, 1.54) is 0 Å². The Morgan fingerprint density at radius 1 is 0.824 bits per heavy atom. The topological polar surface area (TPSA) is 179 Å². The molecule has 0 aliphatic heterocycles. The normalized spacial score (nSPS) is 16.4. The fourth-order valence-corrected chi connectivity index (χ4v) is 3.53. The minimum Gasteiger partial charge on any atom is -0.778 e. The zero-order chi connectivity index (χ0) is 13.2. The van der Waals surface area contributed by atoms with Crippen LogP contribution >= 0.6 is 22.8 Å². The van der Waals surface area contributed by atoms with Gasteiger partial charge in [-0.05, 0) is 0 Å². The molecular formula is C3H11KNO9P3. The van der Waals surface area contributed by atoms with Crippen LogP contribution in [0.15, 0.2) is 0 Å². The zero-order valence-electron chi connectivity index (χ0n) is 8.78. The minimum absolute atomic E-state index is 0. The molecular weight excluding hydrogens is 326 g/mol. The summed E-state index contributed by atoms with van der Waals surface area (Å²) in [6.45, 7) is 0. The molecule has 0 amide bonds. The number of hydrogen-bond acceptors (Lipinski definition) is 5. The fourth-order valence-electron chi connectivity index (χ4n) is 0.908. The molecule has 5 N–H and O–H groups in total. The van der Waals surface area contributed by atoms with Gasteiger partial charge in [-0.2, -0.15) is 0 Å². The summed E-state index contributed by atoms with van der Waals surface area (Å²) in [5.41, 5.74) is 0. The molecule has 0 saturated heterocycles. The molecule has 0 aromatic rings. The van der Waals surface area contributed by atoms with E-state index in [0.717, 1.165) is 0 Å². The number of nitrogens with zero attached hydrogens (tertiary/aromatic N) is 1. The summed E-state index contributed by atoms with van der Waals surface area (Å²) in [6.07, 6.45) is -3.60. The van der Waals surface area contributed by atoms with Gasteiger partial charge in [0.15, 0.2) is 0 Å². The Labute approximate surface area is 139 Å². The van der Waals surface area contributed by atoms with E-state index in [-0.39, 0.29) is 56.3 Å². The van der Waals surface area contributed by atoms with Gasteiger partial charge in [0.05, 0.1) is 6.29 Å². The first kappa shape index (κ1) is 21.3. The predicted molar refractivity (Wildman–Crippen MR) is 50.4 cm³/mol. The molecule has 0 aromatic heterocycles. The predicted octanol–water partition coefficient (Wildman–Crippen LogP) is -4.93. The monoisotopic (exact) mass is 337 g/mol. The Hall–Kier alpha value is 2.05. The molecule has 17 heavy (non-hydrogen) atoms. The van der Waals surface area contributed by atoms with E-state index in [9.17, 15) is 18.6 Å². The third-order valence-electron chi connectivity index (χ3n) is 1.15. The van der Waals surface area contributed by atoms with E-state index in [0.29, 0.717) is 0 Å². The molecule has 1 atom stereocenters. The Bertz CT molecular complexity index is 311. The van der Waals surface area contributed by atoms with Crippen LogP contribution in [0, 0.1) is 0 Å². The molecule has 0 rings (SSSR count). The number of hydrogen-bond donors (Lipinski definition) is 5. The van der Waals surface area contributed by atoms with Crippen molar-refractivity contribution in [3.8, 4) is 0 Å². The van der Waals surface area contributed by atoms with E-state index in [2.05, 4.69) is 0 Å². The van der Waals surface area contributed by atoms with Gasteiger partial charge in [-0.1, -0.05) is 0 Å². The zero-order valence-corrected chi connectivity index (χ0v) is 14.6. The molecule has 98 valence electrons. The van der Waals surface area contributed by atoms with Crippen molar-refractivity contribution in [2.24, 2.45) is 0 Å². The van der Waals surface area contributed by atoms with Crippen molar-refractivity contribution < 1.29 is 94.4 Å². The Morgan fingerprint density at radius 3 is 1.29 bits per heavy atom. The molecule has 0 saturated carbocycles. The van der Waals surface area contributed by atoms with Gasteiger partial charge in [0, 0.05) is 0 Å². The van der Waals surface area contributed by atoms with Crippen LogP contribution in [0.3, 0.4) is 0 Å². The largest absolute Gasteiger partial charge is 1.00 e. The van der Waals surface area contributed by atoms with Crippen molar-refractivity contribution >= 4 is 22.8 Å². The van der Waals surface area contributed by atoms with Crippen LogP contribution in [0.2, 0.25) is 0 Å². The molecule has 10 nitrogen and oxygen atoms in total. The molecule has 0 aliphatic carbocycles. The van der Waals surface area contributed by atoms with Crippen LogP contribution in [0.4, 0.5) is 0 Å². The van der Waals surface area contributed by atoms with E-state index < -0.39 is 41.6 Å². The SMILES string of the molecule is O=P([O-])(O)CN(CP(=O)(O)O)CP(=O)(O)O.[K+]. The van der Waals surface area contributed by atoms with Crippen LogP contribution in [-0.2, 0) is 13.7 Å². The second-order valence-corrected chi connectivity index (χ2v) is 7.84. The molecule has 0 heterocycles. The summed E-state index contributed by atoms with van der Waals surface area (Å²) in [7, 11) is -14.3. The Morgan fingerprint density at radius 2 is 1.12 bits per heavy atom. The second-order valence-electron chi connectivity index (χ2n) is 3.06. The maximum Gasteiger partial charge on any atom is 1.00 e. The van der Waals surface area contributed by atoms with Gasteiger partial charge in [-0.25, -0.2) is 0 Å². The smallest absolute Gasteiger partial charge is 0.778 e.